The quantitative estimate of drug-likeness (QED) is 0.0269. The van der Waals surface area contributed by atoms with Crippen LogP contribution in [0, 0.1) is 0 Å². The van der Waals surface area contributed by atoms with Crippen molar-refractivity contribution in [2.45, 2.75) is 275 Å². The van der Waals surface area contributed by atoms with E-state index < -0.39 is 420 Å². The standard InChI is InChI=1S/C69H112N6O56/c1-20(88)70-21(7-76)53(122-59-52(109)51(108)46(103)29(9-78)121-59)45(102)28(95)19-120-65(60(110)111)2-22(89)40(72-35(97)15-84)55(127-65)47(104)30(10-79)124-67(62(114)115)4-24(91)42(74-37(99)17-86)57(129-67)49(106)32(12-81)126-69(64(118)119)6-26(93)43(75-38(100)18-87)58(131-69)50(107)33(13-82)125-68(63(116)117)5-25(92)41(73-36(98)16-85)56(130-68)48(105)31(11-80)123-66(61(112)113)3-23(90)39(71-34(96)14-83)54(128-66)44(101)27(94)8-77/h21-33,39-59,76-87,89-95,101-109H,2-19H2,1H3,(H,70,88)(H,71,96)(H,72,97)(H,73,98)(H,74,99)(H,75,100)(H,110,111)(H,112,113)(H,114,115)(H,116,117)(H,118,119)/t21-,22-,23-,24-,25-,26-,27+,28+,29+,30+,31+,32+,33+,39+,40+,41+,42+,43+,44+,45-,46-,47+,48+,49+,50+,51-,52+,53+,54+,55+,56+,57+,58+,59-,65+,66+,67+,68+,69+/m0/s1. The number of aliphatic hydroxyl groups is 28. The minimum absolute atomic E-state index is 0.869. The second-order valence-corrected chi connectivity index (χ2v) is 31.0. The lowest BCUT2D eigenvalue weighted by atomic mass is 9.86. The first-order chi connectivity index (χ1) is 61.3. The fourth-order valence-electron chi connectivity index (χ4n) is 15.4. The Morgan fingerprint density at radius 3 is 0.855 bits per heavy atom. The number of amides is 6. The zero-order valence-corrected chi connectivity index (χ0v) is 68.5. The number of aliphatic carboxylic acids is 5. The molecule has 754 valence electrons. The van der Waals surface area contributed by atoms with Gasteiger partial charge in [-0.2, -0.15) is 0 Å². The Bertz CT molecular complexity index is 3800. The van der Waals surface area contributed by atoms with Crippen molar-refractivity contribution in [3.63, 3.8) is 0 Å². The third-order valence-corrected chi connectivity index (χ3v) is 22.1. The summed E-state index contributed by atoms with van der Waals surface area (Å²) < 4.78 is 67.1. The van der Waals surface area contributed by atoms with Gasteiger partial charge in [0.05, 0.1) is 120 Å². The van der Waals surface area contributed by atoms with E-state index in [1.165, 1.54) is 0 Å². The van der Waals surface area contributed by atoms with Crippen molar-refractivity contribution >= 4 is 65.3 Å². The van der Waals surface area contributed by atoms with E-state index in [0.717, 1.165) is 6.92 Å². The van der Waals surface area contributed by atoms with Crippen molar-refractivity contribution < 1.29 is 278 Å². The van der Waals surface area contributed by atoms with Crippen molar-refractivity contribution in [2.75, 3.05) is 85.9 Å². The molecule has 0 bridgehead atoms. The molecule has 6 heterocycles. The van der Waals surface area contributed by atoms with Crippen molar-refractivity contribution in [3.8, 4) is 0 Å². The van der Waals surface area contributed by atoms with Crippen LogP contribution in [0.3, 0.4) is 0 Å². The zero-order valence-electron chi connectivity index (χ0n) is 68.5. The van der Waals surface area contributed by atoms with Crippen LogP contribution in [0.2, 0.25) is 0 Å². The van der Waals surface area contributed by atoms with Crippen LogP contribution in [0.4, 0.5) is 0 Å². The van der Waals surface area contributed by atoms with E-state index in [0.29, 0.717) is 0 Å². The van der Waals surface area contributed by atoms with Crippen LogP contribution in [-0.2, 0) is 110 Å². The van der Waals surface area contributed by atoms with Crippen LogP contribution in [0.25, 0.3) is 0 Å². The Labute approximate surface area is 734 Å². The van der Waals surface area contributed by atoms with E-state index in [1.807, 2.05) is 26.6 Å². The molecule has 6 saturated heterocycles. The molecule has 131 heavy (non-hydrogen) atoms. The maximum atomic E-state index is 13.9. The second kappa shape index (κ2) is 48.3. The summed E-state index contributed by atoms with van der Waals surface area (Å²) in [7, 11) is 0. The highest BCUT2D eigenvalue weighted by molar-refractivity contribution is 5.82. The van der Waals surface area contributed by atoms with E-state index in [4.69, 9.17) is 56.8 Å². The first-order valence-electron chi connectivity index (χ1n) is 39.5. The van der Waals surface area contributed by atoms with Gasteiger partial charge < -0.3 is 257 Å². The second-order valence-electron chi connectivity index (χ2n) is 31.0. The van der Waals surface area contributed by atoms with Gasteiger partial charge in [-0.15, -0.1) is 0 Å². The van der Waals surface area contributed by atoms with Crippen LogP contribution >= 0.6 is 0 Å². The van der Waals surface area contributed by atoms with Gasteiger partial charge in [-0.3, -0.25) is 28.8 Å². The topological polar surface area (TPSA) is 1040 Å². The molecule has 0 aromatic heterocycles. The van der Waals surface area contributed by atoms with Crippen LogP contribution < -0.4 is 31.9 Å². The molecule has 39 N–H and O–H groups in total. The molecule has 0 unspecified atom stereocenters. The molecule has 0 aromatic carbocycles. The first-order valence-corrected chi connectivity index (χ1v) is 39.5. The molecule has 0 aromatic rings. The van der Waals surface area contributed by atoms with Crippen molar-refractivity contribution in [2.24, 2.45) is 0 Å². The Balaban J connectivity index is 1.38. The average Bonchev–Trinajstić information content (AvgIpc) is 0.748. The fourth-order valence-corrected chi connectivity index (χ4v) is 15.4. The Kier molecular flexibility index (Phi) is 41.4. The lowest BCUT2D eigenvalue weighted by molar-refractivity contribution is -0.364. The highest BCUT2D eigenvalue weighted by atomic mass is 16.8. The summed E-state index contributed by atoms with van der Waals surface area (Å²) in [6.07, 6.45) is -81.3. The molecule has 6 aliphatic heterocycles. The van der Waals surface area contributed by atoms with Crippen LogP contribution in [-0.4, -0.2) is 556 Å². The van der Waals surface area contributed by atoms with E-state index in [1.54, 1.807) is 0 Å². The third-order valence-electron chi connectivity index (χ3n) is 22.1. The van der Waals surface area contributed by atoms with Crippen molar-refractivity contribution in [1.82, 2.24) is 31.9 Å². The summed E-state index contributed by atoms with van der Waals surface area (Å²) in [5, 5.41) is 373. The van der Waals surface area contributed by atoms with Crippen LogP contribution in [0.15, 0.2) is 0 Å². The van der Waals surface area contributed by atoms with E-state index in [9.17, 15) is 221 Å². The summed E-state index contributed by atoms with van der Waals surface area (Å²) in [6.45, 7) is -19.2. The minimum atomic E-state index is -3.93. The van der Waals surface area contributed by atoms with E-state index in [-0.39, 0.29) is 0 Å². The van der Waals surface area contributed by atoms with Gasteiger partial charge in [0.15, 0.2) is 6.29 Å². The number of carbonyl (C=O) groups excluding carboxylic acids is 6. The van der Waals surface area contributed by atoms with E-state index in [2.05, 4.69) is 5.32 Å². The molecule has 6 rings (SSSR count). The number of carboxylic acid groups (broad SMARTS) is 5. The van der Waals surface area contributed by atoms with Gasteiger partial charge in [-0.05, 0) is 0 Å². The van der Waals surface area contributed by atoms with Gasteiger partial charge >= 0.3 is 29.8 Å². The van der Waals surface area contributed by atoms with Gasteiger partial charge in [-0.1, -0.05) is 0 Å². The molecule has 6 fully saturated rings. The van der Waals surface area contributed by atoms with Gasteiger partial charge in [-0.25, -0.2) is 24.0 Å². The van der Waals surface area contributed by atoms with Gasteiger partial charge in [0, 0.05) is 39.0 Å². The smallest absolute Gasteiger partial charge is 0.364 e. The van der Waals surface area contributed by atoms with Gasteiger partial charge in [0.25, 0.3) is 28.9 Å². The Hall–Kier alpha value is -7.43. The third kappa shape index (κ3) is 25.8. The molecule has 39 atom stereocenters. The van der Waals surface area contributed by atoms with Gasteiger partial charge in [0.1, 0.15) is 167 Å². The molecule has 0 aliphatic carbocycles. The largest absolute Gasteiger partial charge is 0.477 e. The number of hydrogen-bond acceptors (Lipinski definition) is 51. The summed E-state index contributed by atoms with van der Waals surface area (Å²) >= 11 is 0. The monoisotopic (exact) mass is 1920 g/mol. The van der Waals surface area contributed by atoms with Crippen LogP contribution in [0.1, 0.15) is 39.0 Å². The van der Waals surface area contributed by atoms with Crippen molar-refractivity contribution in [3.05, 3.63) is 0 Å². The predicted octanol–water partition coefficient (Wildman–Crippen LogP) is -24.9. The highest BCUT2D eigenvalue weighted by Crippen LogP contribution is 2.44. The maximum Gasteiger partial charge on any atom is 0.364 e. The highest BCUT2D eigenvalue weighted by Gasteiger charge is 2.66. The minimum Gasteiger partial charge on any atom is -0.477 e. The first kappa shape index (κ1) is 112. The molecule has 0 saturated carbocycles. The number of aliphatic hydroxyl groups excluding tert-OH is 28. The Morgan fingerprint density at radius 1 is 0.351 bits per heavy atom. The fraction of sp³-hybridized carbons (Fsp3) is 0.841. The molecule has 6 aliphatic rings. The predicted molar refractivity (Wildman–Crippen MR) is 397 cm³/mol. The number of nitrogens with one attached hydrogen (secondary N) is 6. The summed E-state index contributed by atoms with van der Waals surface area (Å²) in [5.74, 6) is -39.7. The number of rotatable bonds is 49. The van der Waals surface area contributed by atoms with Crippen molar-refractivity contribution in [1.29, 1.82) is 0 Å². The summed E-state index contributed by atoms with van der Waals surface area (Å²) in [6, 6.07) is -13.5. The summed E-state index contributed by atoms with van der Waals surface area (Å²) in [4.78, 5) is 145. The number of hydrogen-bond donors (Lipinski definition) is 39. The maximum absolute atomic E-state index is 13.9. The molecule has 62 nitrogen and oxygen atoms in total. The number of ether oxygens (including phenoxy) is 12. The lowest BCUT2D eigenvalue weighted by Crippen LogP contribution is -2.72. The number of carbonyl (C=O) groups is 11. The lowest BCUT2D eigenvalue weighted by Gasteiger charge is -2.51. The molecule has 62 heteroatoms. The molecule has 0 spiro atoms. The normalized spacial score (nSPS) is 36.1. The Morgan fingerprint density at radius 2 is 0.618 bits per heavy atom. The van der Waals surface area contributed by atoms with Crippen LogP contribution in [0.5, 0.6) is 0 Å². The summed E-state index contributed by atoms with van der Waals surface area (Å²) in [5.41, 5.74) is 0. The SMILES string of the molecule is CC(=O)N[C@@H](CO)[C@@H](O[C@@H]1O[C@H](CO)[C@H](O)[C@H](O)[C@H]1O)[C@@H](O)[C@H](O)CO[C@]1(C(=O)O)C[C@H](O)[C@@H](NC(=O)CO)[C@H]([C@H](O)[C@@H](CO)O[C@]2(C(=O)O)C[C@H](O)[C@@H](NC(=O)CO)[C@H]([C@H](O)[C@@H](CO)O[C@]3(C(=O)O)C[C@H](O)[C@@H](NC(=O)CO)[C@H]([C@H](O)[C@@H](CO)O[C@]4(C(=O)O)C[C@H](O)[C@@H](NC(=O)CO)[C@H]([C@H](O)[C@@H](CO)O[C@]5(C(=O)O)C[C@H](O)[C@@H](NC(=O)CO)[C@H]([C@H](O)[C@H](O)CO)O5)O4)O3)O2)O1. The average molecular weight is 1920 g/mol. The molecular formula is C69H112N6O56. The zero-order chi connectivity index (χ0) is 98.9. The van der Waals surface area contributed by atoms with E-state index >= 15 is 0 Å². The number of carboxylic acids is 5. The molecule has 0 radical (unpaired) electrons. The van der Waals surface area contributed by atoms with Gasteiger partial charge in [0.2, 0.25) is 35.4 Å². The molecule has 6 amide bonds. The molecular weight excluding hydrogens is 1810 g/mol.